The minimum Gasteiger partial charge on any atom is -0.361 e. The van der Waals surface area contributed by atoms with Gasteiger partial charge in [-0.05, 0) is 66.7 Å². The van der Waals surface area contributed by atoms with Crippen molar-refractivity contribution in [2.24, 2.45) is 0 Å². The van der Waals surface area contributed by atoms with Gasteiger partial charge in [-0.2, -0.15) is 5.26 Å². The van der Waals surface area contributed by atoms with Gasteiger partial charge in [0.15, 0.2) is 0 Å². The van der Waals surface area contributed by atoms with Crippen LogP contribution in [0.5, 0.6) is 0 Å². The largest absolute Gasteiger partial charge is 0.361 e. The normalized spacial score (nSPS) is 16.6. The zero-order chi connectivity index (χ0) is 20.3. The van der Waals surface area contributed by atoms with E-state index >= 15 is 0 Å². The average molecular weight is 395 g/mol. The van der Waals surface area contributed by atoms with Crippen LogP contribution in [0.4, 0.5) is 11.6 Å². The molecular formula is C23H21N7. The fraction of sp³-hybridized carbons (Fsp3) is 0.217. The molecular weight excluding hydrogens is 374 g/mol. The molecule has 0 spiro atoms. The van der Waals surface area contributed by atoms with Gasteiger partial charge in [-0.25, -0.2) is 15.0 Å². The molecule has 0 bridgehead atoms. The topological polar surface area (TPSA) is 93.5 Å². The van der Waals surface area contributed by atoms with Crippen molar-refractivity contribution in [2.75, 3.05) is 11.9 Å². The number of hydrogen-bond acceptors (Lipinski definition) is 6. The number of aromatic nitrogens is 4. The lowest BCUT2D eigenvalue weighted by Crippen LogP contribution is -2.23. The molecule has 1 aliphatic heterocycles. The Kier molecular flexibility index (Phi) is 4.83. The van der Waals surface area contributed by atoms with Crippen molar-refractivity contribution >= 4 is 22.5 Å². The fourth-order valence-electron chi connectivity index (χ4n) is 4.07. The van der Waals surface area contributed by atoms with Gasteiger partial charge in [0.25, 0.3) is 0 Å². The van der Waals surface area contributed by atoms with E-state index in [0.29, 0.717) is 11.6 Å². The first-order valence-electron chi connectivity index (χ1n) is 10.0. The highest BCUT2D eigenvalue weighted by Gasteiger charge is 2.27. The van der Waals surface area contributed by atoms with Gasteiger partial charge in [0.1, 0.15) is 11.8 Å². The first-order chi connectivity index (χ1) is 14.8. The van der Waals surface area contributed by atoms with Crippen molar-refractivity contribution in [3.8, 4) is 6.07 Å². The number of H-pyrrole nitrogens is 1. The van der Waals surface area contributed by atoms with Gasteiger partial charge >= 0.3 is 0 Å². The molecule has 0 aliphatic carbocycles. The number of fused-ring (bicyclic) bond motifs is 1. The monoisotopic (exact) mass is 395 g/mol. The molecule has 3 aromatic heterocycles. The predicted octanol–water partition coefficient (Wildman–Crippen LogP) is 4.31. The van der Waals surface area contributed by atoms with Crippen LogP contribution in [0.25, 0.3) is 10.9 Å². The number of rotatable bonds is 5. The second-order valence-electron chi connectivity index (χ2n) is 7.50. The van der Waals surface area contributed by atoms with Crippen LogP contribution in [-0.2, 0) is 6.54 Å². The van der Waals surface area contributed by atoms with Gasteiger partial charge in [-0.3, -0.25) is 4.90 Å². The molecule has 1 aromatic carbocycles. The third-order valence-electron chi connectivity index (χ3n) is 5.52. The molecule has 4 heterocycles. The Bertz CT molecular complexity index is 1210. The molecule has 5 rings (SSSR count). The number of aromatic amines is 1. The summed E-state index contributed by atoms with van der Waals surface area (Å²) in [5, 5.41) is 13.3. The molecule has 1 saturated heterocycles. The molecule has 2 N–H and O–H groups in total. The third-order valence-corrected chi connectivity index (χ3v) is 5.52. The summed E-state index contributed by atoms with van der Waals surface area (Å²) in [5.74, 6) is 0.541. The van der Waals surface area contributed by atoms with E-state index in [-0.39, 0.29) is 6.04 Å². The first kappa shape index (κ1) is 18.3. The lowest BCUT2D eigenvalue weighted by atomic mass is 10.1. The highest BCUT2D eigenvalue weighted by Crippen LogP contribution is 2.33. The van der Waals surface area contributed by atoms with Gasteiger partial charge in [-0.15, -0.1) is 0 Å². The summed E-state index contributed by atoms with van der Waals surface area (Å²) in [6, 6.07) is 16.5. The van der Waals surface area contributed by atoms with E-state index in [9.17, 15) is 0 Å². The maximum absolute atomic E-state index is 8.88. The van der Waals surface area contributed by atoms with Crippen LogP contribution in [-0.4, -0.2) is 31.4 Å². The average Bonchev–Trinajstić information content (AvgIpc) is 3.43. The lowest BCUT2D eigenvalue weighted by Gasteiger charge is -2.24. The molecule has 1 aliphatic rings. The molecule has 0 radical (unpaired) electrons. The van der Waals surface area contributed by atoms with Crippen LogP contribution in [0.3, 0.4) is 0 Å². The summed E-state index contributed by atoms with van der Waals surface area (Å²) in [5.41, 5.74) is 4.64. The zero-order valence-electron chi connectivity index (χ0n) is 16.4. The summed E-state index contributed by atoms with van der Waals surface area (Å²) in [6.07, 6.45) is 7.63. The Morgan fingerprint density at radius 3 is 3.00 bits per heavy atom. The number of anilines is 2. The minimum atomic E-state index is 0.273. The summed E-state index contributed by atoms with van der Waals surface area (Å²) < 4.78 is 0. The molecule has 0 amide bonds. The van der Waals surface area contributed by atoms with Crippen molar-refractivity contribution in [1.82, 2.24) is 24.8 Å². The molecule has 7 nitrogen and oxygen atoms in total. The highest BCUT2D eigenvalue weighted by atomic mass is 15.2. The van der Waals surface area contributed by atoms with Crippen LogP contribution in [0.15, 0.2) is 61.1 Å². The summed E-state index contributed by atoms with van der Waals surface area (Å²) in [4.78, 5) is 18.9. The quantitative estimate of drug-likeness (QED) is 0.523. The van der Waals surface area contributed by atoms with Gasteiger partial charge in [0.2, 0.25) is 5.95 Å². The smallest absolute Gasteiger partial charge is 0.227 e. The number of pyridine rings is 1. The Morgan fingerprint density at radius 1 is 1.17 bits per heavy atom. The lowest BCUT2D eigenvalue weighted by molar-refractivity contribution is 0.244. The Labute approximate surface area is 174 Å². The van der Waals surface area contributed by atoms with Crippen LogP contribution < -0.4 is 5.32 Å². The van der Waals surface area contributed by atoms with E-state index in [0.717, 1.165) is 37.3 Å². The maximum atomic E-state index is 8.88. The van der Waals surface area contributed by atoms with Crippen molar-refractivity contribution < 1.29 is 0 Å². The van der Waals surface area contributed by atoms with Crippen LogP contribution >= 0.6 is 0 Å². The van der Waals surface area contributed by atoms with Gasteiger partial charge in [0, 0.05) is 24.5 Å². The van der Waals surface area contributed by atoms with Gasteiger partial charge in [0.05, 0.1) is 23.6 Å². The molecule has 0 saturated carbocycles. The standard InChI is InChI=1S/C23H21N7/c24-13-18-4-5-19(14-27-18)28-23-26-10-8-21(29-23)22-2-1-11-30(22)15-16-3-6-20-17(12-16)7-9-25-20/h3-10,12,14,22,25H,1-2,11,15H2,(H,26,28,29)/t22-/m0/s1. The predicted molar refractivity (Wildman–Crippen MR) is 115 cm³/mol. The summed E-state index contributed by atoms with van der Waals surface area (Å²) in [6.45, 7) is 1.96. The maximum Gasteiger partial charge on any atom is 0.227 e. The van der Waals surface area contributed by atoms with Gasteiger partial charge < -0.3 is 10.3 Å². The second kappa shape index (κ2) is 7.93. The van der Waals surface area contributed by atoms with Gasteiger partial charge in [-0.1, -0.05) is 6.07 Å². The fourth-order valence-corrected chi connectivity index (χ4v) is 4.07. The van der Waals surface area contributed by atoms with Crippen molar-refractivity contribution in [1.29, 1.82) is 5.26 Å². The minimum absolute atomic E-state index is 0.273. The van der Waals surface area contributed by atoms with Crippen molar-refractivity contribution in [3.05, 3.63) is 78.0 Å². The Balaban J connectivity index is 1.33. The Morgan fingerprint density at radius 2 is 2.13 bits per heavy atom. The SMILES string of the molecule is N#Cc1ccc(Nc2nccc([C@@H]3CCCN3Cc3ccc4[nH]ccc4c3)n2)cn1. The van der Waals surface area contributed by atoms with Crippen LogP contribution in [0, 0.1) is 11.3 Å². The van der Waals surface area contributed by atoms with Crippen molar-refractivity contribution in [2.45, 2.75) is 25.4 Å². The number of benzene rings is 1. The second-order valence-corrected chi connectivity index (χ2v) is 7.50. The molecule has 148 valence electrons. The van der Waals surface area contributed by atoms with E-state index in [1.165, 1.54) is 16.5 Å². The van der Waals surface area contributed by atoms with E-state index in [1.807, 2.05) is 18.3 Å². The number of nitrogens with zero attached hydrogens (tertiary/aromatic N) is 5. The first-order valence-corrected chi connectivity index (χ1v) is 10.0. The highest BCUT2D eigenvalue weighted by molar-refractivity contribution is 5.79. The third kappa shape index (κ3) is 3.73. The van der Waals surface area contributed by atoms with Crippen molar-refractivity contribution in [3.63, 3.8) is 0 Å². The summed E-state index contributed by atoms with van der Waals surface area (Å²) in [7, 11) is 0. The number of nitrogens with one attached hydrogen (secondary N) is 2. The molecule has 1 fully saturated rings. The van der Waals surface area contributed by atoms with E-state index in [2.05, 4.69) is 49.4 Å². The Hall–Kier alpha value is -3.76. The molecule has 7 heteroatoms. The molecule has 30 heavy (non-hydrogen) atoms. The number of nitriles is 1. The summed E-state index contributed by atoms with van der Waals surface area (Å²) >= 11 is 0. The molecule has 1 atom stereocenters. The van der Waals surface area contributed by atoms with Crippen LogP contribution in [0.2, 0.25) is 0 Å². The van der Waals surface area contributed by atoms with E-state index in [4.69, 9.17) is 10.2 Å². The zero-order valence-corrected chi connectivity index (χ0v) is 16.4. The molecule has 4 aromatic rings. The number of likely N-dealkylation sites (tertiary alicyclic amines) is 1. The number of hydrogen-bond donors (Lipinski definition) is 2. The van der Waals surface area contributed by atoms with E-state index in [1.54, 1.807) is 24.5 Å². The van der Waals surface area contributed by atoms with E-state index < -0.39 is 0 Å². The molecule has 0 unspecified atom stereocenters. The van der Waals surface area contributed by atoms with Crippen LogP contribution in [0.1, 0.15) is 35.8 Å².